The molecule has 232 valence electrons. The van der Waals surface area contributed by atoms with Crippen molar-refractivity contribution in [3.05, 3.63) is 95.4 Å². The molecule has 0 fully saturated rings. The summed E-state index contributed by atoms with van der Waals surface area (Å²) in [4.78, 5) is 9.29. The van der Waals surface area contributed by atoms with E-state index in [1.165, 1.54) is 18.4 Å². The highest BCUT2D eigenvalue weighted by Gasteiger charge is 2.06. The number of benzene rings is 1. The molecule has 0 atom stereocenters. The van der Waals surface area contributed by atoms with Gasteiger partial charge in [-0.15, -0.1) is 0 Å². The minimum absolute atomic E-state index is 0.716. The highest BCUT2D eigenvalue weighted by atomic mass is 35.5. The zero-order valence-electron chi connectivity index (χ0n) is 27.4. The molecule has 5 nitrogen and oxygen atoms in total. The summed E-state index contributed by atoms with van der Waals surface area (Å²) < 4.78 is 0. The Morgan fingerprint density at radius 2 is 1.50 bits per heavy atom. The van der Waals surface area contributed by atoms with Gasteiger partial charge in [0.15, 0.2) is 0 Å². The molecular formula is C36H56ClN5. The van der Waals surface area contributed by atoms with E-state index in [1.807, 2.05) is 63.4 Å². The lowest BCUT2D eigenvalue weighted by molar-refractivity contribution is 0.290. The van der Waals surface area contributed by atoms with Crippen LogP contribution in [0.1, 0.15) is 60.3 Å². The van der Waals surface area contributed by atoms with Gasteiger partial charge in [0.25, 0.3) is 0 Å². The van der Waals surface area contributed by atoms with Gasteiger partial charge in [-0.25, -0.2) is 0 Å². The summed E-state index contributed by atoms with van der Waals surface area (Å²) in [6.07, 6.45) is 14.6. The Bertz CT molecular complexity index is 1180. The number of anilines is 1. The van der Waals surface area contributed by atoms with Crippen LogP contribution in [-0.2, 0) is 0 Å². The summed E-state index contributed by atoms with van der Waals surface area (Å²) in [6.45, 7) is 24.6. The van der Waals surface area contributed by atoms with E-state index in [0.717, 1.165) is 85.5 Å². The summed E-state index contributed by atoms with van der Waals surface area (Å²) in [5.41, 5.74) is 6.57. The van der Waals surface area contributed by atoms with E-state index < -0.39 is 0 Å². The maximum absolute atomic E-state index is 6.10. The second-order valence-electron chi connectivity index (χ2n) is 10.8. The van der Waals surface area contributed by atoms with Gasteiger partial charge < -0.3 is 20.4 Å². The molecule has 0 amide bonds. The molecule has 0 unspecified atom stereocenters. The van der Waals surface area contributed by atoms with E-state index in [0.29, 0.717) is 5.02 Å². The maximum Gasteiger partial charge on any atom is 0.0737 e. The van der Waals surface area contributed by atoms with Crippen molar-refractivity contribution >= 4 is 28.2 Å². The monoisotopic (exact) mass is 593 g/mol. The fraction of sp³-hybridized carbons (Fsp3) is 0.472. The average molecular weight is 594 g/mol. The number of halogens is 1. The van der Waals surface area contributed by atoms with Crippen LogP contribution in [0.25, 0.3) is 10.9 Å². The lowest BCUT2D eigenvalue weighted by atomic mass is 10.0. The predicted octanol–water partition coefficient (Wildman–Crippen LogP) is 8.88. The summed E-state index contributed by atoms with van der Waals surface area (Å²) in [7, 11) is 4.44. The Morgan fingerprint density at radius 3 is 2.10 bits per heavy atom. The largest absolute Gasteiger partial charge is 0.385 e. The quantitative estimate of drug-likeness (QED) is 0.126. The molecule has 2 rings (SSSR count). The van der Waals surface area contributed by atoms with Crippen LogP contribution in [0, 0.1) is 0 Å². The van der Waals surface area contributed by atoms with Crippen molar-refractivity contribution in [3.8, 4) is 0 Å². The smallest absolute Gasteiger partial charge is 0.0737 e. The van der Waals surface area contributed by atoms with Crippen molar-refractivity contribution in [3.63, 3.8) is 0 Å². The molecule has 0 aliphatic heterocycles. The number of nitrogens with one attached hydrogen (secondary N) is 2. The third-order valence-corrected chi connectivity index (χ3v) is 6.95. The first-order chi connectivity index (χ1) is 20.2. The normalized spacial score (nSPS) is 11.8. The number of unbranched alkanes of at least 4 members (excludes halogenated alkanes) is 1. The highest BCUT2D eigenvalue weighted by Crippen LogP contribution is 2.24. The van der Waals surface area contributed by atoms with Crippen LogP contribution >= 0.6 is 11.6 Å². The zero-order valence-corrected chi connectivity index (χ0v) is 28.2. The van der Waals surface area contributed by atoms with Crippen molar-refractivity contribution in [1.29, 1.82) is 0 Å². The number of allylic oxidation sites excluding steroid dienone is 6. The average Bonchev–Trinajstić information content (AvgIpc) is 2.96. The Hall–Kier alpha value is -2.86. The number of rotatable bonds is 19. The van der Waals surface area contributed by atoms with Gasteiger partial charge in [0.05, 0.1) is 5.52 Å². The topological polar surface area (TPSA) is 43.4 Å². The van der Waals surface area contributed by atoms with Crippen molar-refractivity contribution in [1.82, 2.24) is 20.1 Å². The zero-order chi connectivity index (χ0) is 31.3. The minimum atomic E-state index is 0.716. The van der Waals surface area contributed by atoms with Crippen molar-refractivity contribution in [2.45, 2.75) is 60.3 Å². The molecule has 1 heterocycles. The first kappa shape index (κ1) is 37.2. The second-order valence-corrected chi connectivity index (χ2v) is 11.3. The van der Waals surface area contributed by atoms with Crippen molar-refractivity contribution in [2.24, 2.45) is 0 Å². The van der Waals surface area contributed by atoms with Gasteiger partial charge in [0, 0.05) is 41.1 Å². The lowest BCUT2D eigenvalue weighted by Crippen LogP contribution is -2.27. The molecule has 6 heteroatoms. The number of fused-ring (bicyclic) bond motifs is 1. The third-order valence-electron chi connectivity index (χ3n) is 6.72. The number of aromatic nitrogens is 1. The van der Waals surface area contributed by atoms with Crippen LogP contribution in [-0.4, -0.2) is 68.1 Å². The molecule has 0 aliphatic rings. The molecule has 42 heavy (non-hydrogen) atoms. The van der Waals surface area contributed by atoms with E-state index in [1.54, 1.807) is 0 Å². The third kappa shape index (κ3) is 14.9. The molecule has 0 spiro atoms. The Balaban J connectivity index is 0.00000431. The number of hydrogen-bond donors (Lipinski definition) is 2. The standard InChI is InChI=1S/C34H50ClN5.C2H6/c1-8-13-32(30(28(4)5)16-14-27(2)3)36-19-11-24-39(6)22-9-10-23-40(7)25-12-20-37-33-18-21-38-34-26-29(35)15-17-31(33)34;1-2/h8,13-18,21,26,36H,1,4,9-12,19-20,22-25H2,2-3,5-7H3,(H,37,38);1-2H3/b30-16+,32-13+;. The van der Waals surface area contributed by atoms with E-state index >= 15 is 0 Å². The van der Waals surface area contributed by atoms with E-state index in [2.05, 4.69) is 78.7 Å². The van der Waals surface area contributed by atoms with Gasteiger partial charge in [0.1, 0.15) is 0 Å². The highest BCUT2D eigenvalue weighted by molar-refractivity contribution is 6.31. The van der Waals surface area contributed by atoms with Crippen LogP contribution in [0.2, 0.25) is 5.02 Å². The van der Waals surface area contributed by atoms with Gasteiger partial charge in [-0.05, 0) is 128 Å². The van der Waals surface area contributed by atoms with Gasteiger partial charge in [-0.1, -0.05) is 62.4 Å². The summed E-state index contributed by atoms with van der Waals surface area (Å²) in [5, 5.41) is 8.99. The van der Waals surface area contributed by atoms with E-state index in [9.17, 15) is 0 Å². The number of nitrogens with zero attached hydrogens (tertiary/aromatic N) is 3. The molecule has 1 aromatic carbocycles. The van der Waals surface area contributed by atoms with Gasteiger partial charge in [-0.2, -0.15) is 0 Å². The Labute approximate surface area is 262 Å². The van der Waals surface area contributed by atoms with Crippen LogP contribution in [0.5, 0.6) is 0 Å². The molecule has 0 radical (unpaired) electrons. The molecule has 0 bridgehead atoms. The molecule has 0 saturated carbocycles. The Morgan fingerprint density at radius 1 is 0.881 bits per heavy atom. The first-order valence-corrected chi connectivity index (χ1v) is 15.8. The van der Waals surface area contributed by atoms with Gasteiger partial charge >= 0.3 is 0 Å². The van der Waals surface area contributed by atoms with Crippen LogP contribution in [0.3, 0.4) is 0 Å². The summed E-state index contributed by atoms with van der Waals surface area (Å²) in [5.74, 6) is 0. The summed E-state index contributed by atoms with van der Waals surface area (Å²) >= 11 is 6.10. The molecule has 1 aromatic heterocycles. The minimum Gasteiger partial charge on any atom is -0.385 e. The predicted molar refractivity (Wildman–Crippen MR) is 189 cm³/mol. The van der Waals surface area contributed by atoms with Gasteiger partial charge in [0.2, 0.25) is 0 Å². The maximum atomic E-state index is 6.10. The van der Waals surface area contributed by atoms with E-state index in [-0.39, 0.29) is 0 Å². The first-order valence-electron chi connectivity index (χ1n) is 15.4. The van der Waals surface area contributed by atoms with Crippen LogP contribution in [0.4, 0.5) is 5.69 Å². The number of pyridine rings is 1. The number of hydrogen-bond acceptors (Lipinski definition) is 5. The molecule has 2 aromatic rings. The fourth-order valence-corrected chi connectivity index (χ4v) is 4.65. The molecule has 0 saturated heterocycles. The molecular weight excluding hydrogens is 538 g/mol. The SMILES string of the molecule is C=C/C=C(NCCCN(C)CCCCN(C)CCCNc1ccnc2cc(Cl)ccc12)\C(=C\C=C(C)C)C(=C)C.CC. The fourth-order valence-electron chi connectivity index (χ4n) is 4.48. The van der Waals surface area contributed by atoms with E-state index in [4.69, 9.17) is 11.6 Å². The Kier molecular flexibility index (Phi) is 19.3. The van der Waals surface area contributed by atoms with Gasteiger partial charge in [-0.3, -0.25) is 4.98 Å². The molecule has 2 N–H and O–H groups in total. The molecule has 0 aliphatic carbocycles. The lowest BCUT2D eigenvalue weighted by Gasteiger charge is -2.20. The van der Waals surface area contributed by atoms with Crippen molar-refractivity contribution in [2.75, 3.05) is 58.7 Å². The van der Waals surface area contributed by atoms with Crippen LogP contribution < -0.4 is 10.6 Å². The van der Waals surface area contributed by atoms with Crippen molar-refractivity contribution < 1.29 is 0 Å². The summed E-state index contributed by atoms with van der Waals surface area (Å²) in [6, 6.07) is 7.90. The second kappa shape index (κ2) is 21.8. The van der Waals surface area contributed by atoms with Crippen LogP contribution in [0.15, 0.2) is 90.3 Å².